The van der Waals surface area contributed by atoms with Crippen LogP contribution in [0.25, 0.3) is 0 Å². The first kappa shape index (κ1) is 17.3. The van der Waals surface area contributed by atoms with Crippen LogP contribution in [0.1, 0.15) is 53.1 Å². The molecule has 0 atom stereocenters. The predicted molar refractivity (Wildman–Crippen MR) is 91.4 cm³/mol. The van der Waals surface area contributed by atoms with Crippen LogP contribution in [0, 0.1) is 19.7 Å². The van der Waals surface area contributed by atoms with Crippen molar-refractivity contribution in [1.29, 1.82) is 0 Å². The Morgan fingerprint density at radius 1 is 1.22 bits per heavy atom. The van der Waals surface area contributed by atoms with Gasteiger partial charge in [0.15, 0.2) is 0 Å². The summed E-state index contributed by atoms with van der Waals surface area (Å²) in [6, 6.07) is 6.72. The fourth-order valence-corrected chi connectivity index (χ4v) is 3.08. The molecule has 1 heterocycles. The van der Waals surface area contributed by atoms with Crippen molar-refractivity contribution in [2.75, 3.05) is 6.54 Å². The number of carbonyl (C=O) groups excluding carboxylic acids is 1. The molecule has 2 rings (SSSR count). The summed E-state index contributed by atoms with van der Waals surface area (Å²) in [6.07, 6.45) is 1.74. The lowest BCUT2D eigenvalue weighted by atomic mass is 10.1. The Labute approximate surface area is 137 Å². The zero-order chi connectivity index (χ0) is 17.0. The Morgan fingerprint density at radius 3 is 2.52 bits per heavy atom. The van der Waals surface area contributed by atoms with Crippen molar-refractivity contribution in [2.24, 2.45) is 0 Å². The van der Waals surface area contributed by atoms with Crippen LogP contribution in [0.5, 0.6) is 0 Å². The average Bonchev–Trinajstić information content (AvgIpc) is 2.77. The number of aromatic nitrogens is 1. The van der Waals surface area contributed by atoms with E-state index in [1.807, 2.05) is 31.4 Å². The maximum Gasteiger partial charge on any atom is 0.268 e. The van der Waals surface area contributed by atoms with Crippen LogP contribution in [-0.4, -0.2) is 17.0 Å². The molecule has 0 saturated carbocycles. The number of hydrogen-bond donors (Lipinski definition) is 1. The topological polar surface area (TPSA) is 34.0 Å². The van der Waals surface area contributed by atoms with Crippen LogP contribution in [0.3, 0.4) is 0 Å². The summed E-state index contributed by atoms with van der Waals surface area (Å²) in [5.41, 5.74) is 4.45. The SMILES string of the molecule is CCCNC(=O)c1c(C)c(CC)c(C)n1Cc1ccccc1F. The van der Waals surface area contributed by atoms with Gasteiger partial charge in [0, 0.05) is 17.8 Å². The number of benzene rings is 1. The highest BCUT2D eigenvalue weighted by Gasteiger charge is 2.22. The van der Waals surface area contributed by atoms with Gasteiger partial charge in [-0.15, -0.1) is 0 Å². The summed E-state index contributed by atoms with van der Waals surface area (Å²) in [5, 5.41) is 2.94. The molecule has 0 radical (unpaired) electrons. The molecule has 0 saturated heterocycles. The van der Waals surface area contributed by atoms with E-state index in [2.05, 4.69) is 12.2 Å². The molecule has 0 spiro atoms. The average molecular weight is 316 g/mol. The second kappa shape index (κ2) is 7.44. The second-order valence-electron chi connectivity index (χ2n) is 5.82. The predicted octanol–water partition coefficient (Wildman–Crippen LogP) is 3.99. The molecule has 124 valence electrons. The first-order valence-electron chi connectivity index (χ1n) is 8.21. The van der Waals surface area contributed by atoms with Crippen LogP contribution in [0.4, 0.5) is 4.39 Å². The lowest BCUT2D eigenvalue weighted by molar-refractivity contribution is 0.0944. The third kappa shape index (κ3) is 3.46. The van der Waals surface area contributed by atoms with Crippen LogP contribution in [0.2, 0.25) is 0 Å². The minimum absolute atomic E-state index is 0.0801. The molecule has 0 aliphatic carbocycles. The van der Waals surface area contributed by atoms with Gasteiger partial charge >= 0.3 is 0 Å². The van der Waals surface area contributed by atoms with E-state index in [1.54, 1.807) is 12.1 Å². The molecule has 1 aromatic heterocycles. The number of rotatable bonds is 6. The molecule has 2 aromatic rings. The van der Waals surface area contributed by atoms with Gasteiger partial charge in [-0.2, -0.15) is 0 Å². The van der Waals surface area contributed by atoms with Crippen molar-refractivity contribution < 1.29 is 9.18 Å². The minimum atomic E-state index is -0.240. The first-order valence-corrected chi connectivity index (χ1v) is 8.21. The quantitative estimate of drug-likeness (QED) is 0.859. The maximum absolute atomic E-state index is 14.0. The Kier molecular flexibility index (Phi) is 5.59. The third-order valence-corrected chi connectivity index (χ3v) is 4.31. The van der Waals surface area contributed by atoms with E-state index < -0.39 is 0 Å². The largest absolute Gasteiger partial charge is 0.351 e. The highest BCUT2D eigenvalue weighted by Crippen LogP contribution is 2.24. The van der Waals surface area contributed by atoms with E-state index in [-0.39, 0.29) is 11.7 Å². The van der Waals surface area contributed by atoms with Gasteiger partial charge in [-0.1, -0.05) is 32.0 Å². The van der Waals surface area contributed by atoms with E-state index in [1.165, 1.54) is 11.6 Å². The molecule has 23 heavy (non-hydrogen) atoms. The number of halogens is 1. The van der Waals surface area contributed by atoms with Gasteiger partial charge in [0.25, 0.3) is 5.91 Å². The van der Waals surface area contributed by atoms with E-state index in [0.717, 1.165) is 24.1 Å². The highest BCUT2D eigenvalue weighted by atomic mass is 19.1. The fraction of sp³-hybridized carbons (Fsp3) is 0.421. The highest BCUT2D eigenvalue weighted by molar-refractivity contribution is 5.95. The Bertz CT molecular complexity index is 704. The number of nitrogens with zero attached hydrogens (tertiary/aromatic N) is 1. The lowest BCUT2D eigenvalue weighted by Crippen LogP contribution is -2.27. The smallest absolute Gasteiger partial charge is 0.268 e. The van der Waals surface area contributed by atoms with Crippen molar-refractivity contribution >= 4 is 5.91 Å². The van der Waals surface area contributed by atoms with Crippen molar-refractivity contribution in [3.8, 4) is 0 Å². The van der Waals surface area contributed by atoms with E-state index in [4.69, 9.17) is 0 Å². The standard InChI is InChI=1S/C19H25FN2O/c1-5-11-21-19(23)18-13(3)16(6-2)14(4)22(18)12-15-9-7-8-10-17(15)20/h7-10H,5-6,11-12H2,1-4H3,(H,21,23). The molecule has 1 amide bonds. The van der Waals surface area contributed by atoms with Gasteiger partial charge in [0.1, 0.15) is 11.5 Å². The van der Waals surface area contributed by atoms with Crippen molar-refractivity contribution in [2.45, 2.75) is 47.1 Å². The summed E-state index contributed by atoms with van der Waals surface area (Å²) >= 11 is 0. The van der Waals surface area contributed by atoms with Crippen molar-refractivity contribution in [1.82, 2.24) is 9.88 Å². The summed E-state index contributed by atoms with van der Waals surface area (Å²) < 4.78 is 16.0. The zero-order valence-corrected chi connectivity index (χ0v) is 14.4. The number of hydrogen-bond acceptors (Lipinski definition) is 1. The van der Waals surface area contributed by atoms with Gasteiger partial charge in [-0.3, -0.25) is 4.79 Å². The summed E-state index contributed by atoms with van der Waals surface area (Å²) in [7, 11) is 0. The summed E-state index contributed by atoms with van der Waals surface area (Å²) in [6.45, 7) is 9.09. The summed E-state index contributed by atoms with van der Waals surface area (Å²) in [4.78, 5) is 12.6. The Morgan fingerprint density at radius 2 is 1.91 bits per heavy atom. The number of nitrogens with one attached hydrogen (secondary N) is 1. The zero-order valence-electron chi connectivity index (χ0n) is 14.4. The first-order chi connectivity index (χ1) is 11.0. The van der Waals surface area contributed by atoms with Gasteiger partial charge in [-0.25, -0.2) is 4.39 Å². The Hall–Kier alpha value is -2.10. The molecule has 0 fully saturated rings. The maximum atomic E-state index is 14.0. The lowest BCUT2D eigenvalue weighted by Gasteiger charge is -2.13. The molecule has 3 nitrogen and oxygen atoms in total. The van der Waals surface area contributed by atoms with E-state index >= 15 is 0 Å². The van der Waals surface area contributed by atoms with Crippen molar-refractivity contribution in [3.05, 3.63) is 58.2 Å². The molecular formula is C19H25FN2O. The van der Waals surface area contributed by atoms with Gasteiger partial charge < -0.3 is 9.88 Å². The Balaban J connectivity index is 2.48. The fourth-order valence-electron chi connectivity index (χ4n) is 3.08. The number of amides is 1. The van der Waals surface area contributed by atoms with Crippen LogP contribution >= 0.6 is 0 Å². The van der Waals surface area contributed by atoms with Crippen LogP contribution in [-0.2, 0) is 13.0 Å². The number of carbonyl (C=O) groups is 1. The molecule has 0 aliphatic heterocycles. The normalized spacial score (nSPS) is 10.8. The second-order valence-corrected chi connectivity index (χ2v) is 5.82. The monoisotopic (exact) mass is 316 g/mol. The molecule has 0 unspecified atom stereocenters. The molecule has 1 aromatic carbocycles. The van der Waals surface area contributed by atoms with E-state index in [0.29, 0.717) is 24.3 Å². The van der Waals surface area contributed by atoms with Crippen LogP contribution < -0.4 is 5.32 Å². The van der Waals surface area contributed by atoms with Gasteiger partial charge in [0.05, 0.1) is 6.54 Å². The minimum Gasteiger partial charge on any atom is -0.351 e. The molecule has 0 bridgehead atoms. The van der Waals surface area contributed by atoms with Gasteiger partial charge in [-0.05, 0) is 43.9 Å². The van der Waals surface area contributed by atoms with Crippen LogP contribution in [0.15, 0.2) is 24.3 Å². The molecule has 0 aliphatic rings. The van der Waals surface area contributed by atoms with Gasteiger partial charge in [0.2, 0.25) is 0 Å². The molecule has 4 heteroatoms. The molecule has 1 N–H and O–H groups in total. The third-order valence-electron chi connectivity index (χ3n) is 4.31. The van der Waals surface area contributed by atoms with Crippen molar-refractivity contribution in [3.63, 3.8) is 0 Å². The van der Waals surface area contributed by atoms with E-state index in [9.17, 15) is 9.18 Å². The molecular weight excluding hydrogens is 291 g/mol. The summed E-state index contributed by atoms with van der Waals surface area (Å²) in [5.74, 6) is -0.320.